The Morgan fingerprint density at radius 3 is 2.44 bits per heavy atom. The van der Waals surface area contributed by atoms with E-state index in [1.165, 1.54) is 18.4 Å². The summed E-state index contributed by atoms with van der Waals surface area (Å²) in [5.74, 6) is 6.48. The standard InChI is InChI=1S/C16H22ClN/c1-4-10-18(11-5-2)12-6-7-15-13-16(17)9-8-14(15)3/h8-9,13H,4-5,10-12H2,1-3H3. The lowest BCUT2D eigenvalue weighted by Gasteiger charge is -2.17. The Bertz CT molecular complexity index is 422. The Labute approximate surface area is 116 Å². The largest absolute Gasteiger partial charge is 0.292 e. The molecular formula is C16H22ClN. The molecule has 0 saturated heterocycles. The number of hydrogen-bond acceptors (Lipinski definition) is 1. The van der Waals surface area contributed by atoms with E-state index in [0.29, 0.717) is 0 Å². The molecule has 0 aliphatic heterocycles. The van der Waals surface area contributed by atoms with Crippen molar-refractivity contribution >= 4 is 11.6 Å². The van der Waals surface area contributed by atoms with Crippen molar-refractivity contribution in [2.75, 3.05) is 19.6 Å². The molecule has 0 unspecified atom stereocenters. The predicted molar refractivity (Wildman–Crippen MR) is 80.1 cm³/mol. The van der Waals surface area contributed by atoms with E-state index in [9.17, 15) is 0 Å². The number of nitrogens with zero attached hydrogens (tertiary/aromatic N) is 1. The van der Waals surface area contributed by atoms with Gasteiger partial charge >= 0.3 is 0 Å². The van der Waals surface area contributed by atoms with Crippen LogP contribution >= 0.6 is 11.6 Å². The van der Waals surface area contributed by atoms with Crippen molar-refractivity contribution in [2.45, 2.75) is 33.6 Å². The third-order valence-electron chi connectivity index (χ3n) is 2.81. The molecule has 0 aliphatic carbocycles. The molecule has 0 bridgehead atoms. The summed E-state index contributed by atoms with van der Waals surface area (Å²) in [4.78, 5) is 2.40. The van der Waals surface area contributed by atoms with Gasteiger partial charge in [-0.25, -0.2) is 0 Å². The summed E-state index contributed by atoms with van der Waals surface area (Å²) in [6.07, 6.45) is 2.36. The summed E-state index contributed by atoms with van der Waals surface area (Å²) in [5.41, 5.74) is 2.22. The van der Waals surface area contributed by atoms with Crippen LogP contribution in [-0.4, -0.2) is 24.5 Å². The predicted octanol–water partition coefficient (Wildman–Crippen LogP) is 4.12. The van der Waals surface area contributed by atoms with Gasteiger partial charge in [-0.15, -0.1) is 0 Å². The lowest BCUT2D eigenvalue weighted by atomic mass is 10.1. The van der Waals surface area contributed by atoms with Crippen LogP contribution in [0.2, 0.25) is 5.02 Å². The normalized spacial score (nSPS) is 10.3. The van der Waals surface area contributed by atoms with E-state index >= 15 is 0 Å². The lowest BCUT2D eigenvalue weighted by molar-refractivity contribution is 0.308. The molecule has 0 amide bonds. The molecule has 0 aromatic heterocycles. The zero-order chi connectivity index (χ0) is 13.4. The second-order valence-electron chi connectivity index (χ2n) is 4.54. The Morgan fingerprint density at radius 1 is 1.17 bits per heavy atom. The van der Waals surface area contributed by atoms with Crippen LogP contribution in [-0.2, 0) is 0 Å². The first-order valence-electron chi connectivity index (χ1n) is 6.64. The molecular weight excluding hydrogens is 242 g/mol. The third-order valence-corrected chi connectivity index (χ3v) is 3.04. The van der Waals surface area contributed by atoms with E-state index in [2.05, 4.69) is 37.5 Å². The van der Waals surface area contributed by atoms with Crippen LogP contribution in [0.5, 0.6) is 0 Å². The van der Waals surface area contributed by atoms with E-state index < -0.39 is 0 Å². The van der Waals surface area contributed by atoms with Crippen molar-refractivity contribution < 1.29 is 0 Å². The number of rotatable bonds is 5. The summed E-state index contributed by atoms with van der Waals surface area (Å²) >= 11 is 5.98. The highest BCUT2D eigenvalue weighted by molar-refractivity contribution is 6.30. The van der Waals surface area contributed by atoms with Crippen LogP contribution in [0.3, 0.4) is 0 Å². The number of aryl methyl sites for hydroxylation is 1. The molecule has 0 saturated carbocycles. The highest BCUT2D eigenvalue weighted by atomic mass is 35.5. The third kappa shape index (κ3) is 5.12. The topological polar surface area (TPSA) is 3.24 Å². The van der Waals surface area contributed by atoms with Gasteiger partial charge in [-0.05, 0) is 50.6 Å². The van der Waals surface area contributed by atoms with Gasteiger partial charge in [0.15, 0.2) is 0 Å². The quantitative estimate of drug-likeness (QED) is 0.723. The first kappa shape index (κ1) is 15.1. The minimum absolute atomic E-state index is 0.754. The fourth-order valence-electron chi connectivity index (χ4n) is 1.88. The van der Waals surface area contributed by atoms with E-state index in [0.717, 1.165) is 30.2 Å². The zero-order valence-corrected chi connectivity index (χ0v) is 12.3. The Morgan fingerprint density at radius 2 is 1.83 bits per heavy atom. The minimum Gasteiger partial charge on any atom is -0.292 e. The lowest BCUT2D eigenvalue weighted by Crippen LogP contribution is -2.25. The maximum absolute atomic E-state index is 5.98. The molecule has 2 heteroatoms. The average molecular weight is 264 g/mol. The van der Waals surface area contributed by atoms with Crippen LogP contribution in [0, 0.1) is 18.8 Å². The van der Waals surface area contributed by atoms with Gasteiger partial charge < -0.3 is 0 Å². The molecule has 1 aromatic carbocycles. The molecule has 0 atom stereocenters. The molecule has 18 heavy (non-hydrogen) atoms. The van der Waals surface area contributed by atoms with Gasteiger partial charge in [0.1, 0.15) is 0 Å². The van der Waals surface area contributed by atoms with E-state index in [4.69, 9.17) is 11.6 Å². The second kappa shape index (κ2) is 8.19. The first-order chi connectivity index (χ1) is 8.67. The molecule has 1 rings (SSSR count). The zero-order valence-electron chi connectivity index (χ0n) is 11.6. The summed E-state index contributed by atoms with van der Waals surface area (Å²) in [6.45, 7) is 9.56. The molecule has 0 spiro atoms. The Balaban J connectivity index is 2.66. The number of halogens is 1. The van der Waals surface area contributed by atoms with Gasteiger partial charge in [0, 0.05) is 10.6 Å². The van der Waals surface area contributed by atoms with Gasteiger partial charge in [0.05, 0.1) is 6.54 Å². The fraction of sp³-hybridized carbons (Fsp3) is 0.500. The van der Waals surface area contributed by atoms with E-state index in [1.807, 2.05) is 18.2 Å². The maximum Gasteiger partial charge on any atom is 0.0605 e. The highest BCUT2D eigenvalue weighted by Crippen LogP contribution is 2.14. The summed E-state index contributed by atoms with van der Waals surface area (Å²) < 4.78 is 0. The molecule has 1 aromatic rings. The van der Waals surface area contributed by atoms with Crippen molar-refractivity contribution in [1.82, 2.24) is 4.90 Å². The second-order valence-corrected chi connectivity index (χ2v) is 4.97. The molecule has 1 nitrogen and oxygen atoms in total. The van der Waals surface area contributed by atoms with Gasteiger partial charge in [-0.3, -0.25) is 4.90 Å². The van der Waals surface area contributed by atoms with Crippen LogP contribution in [0.1, 0.15) is 37.8 Å². The van der Waals surface area contributed by atoms with Crippen LogP contribution in [0.4, 0.5) is 0 Å². The maximum atomic E-state index is 5.98. The molecule has 98 valence electrons. The molecule has 0 radical (unpaired) electrons. The van der Waals surface area contributed by atoms with Gasteiger partial charge in [-0.2, -0.15) is 0 Å². The van der Waals surface area contributed by atoms with Crippen LogP contribution < -0.4 is 0 Å². The number of benzene rings is 1. The molecule has 0 N–H and O–H groups in total. The first-order valence-corrected chi connectivity index (χ1v) is 7.02. The summed E-state index contributed by atoms with van der Waals surface area (Å²) in [5, 5.41) is 0.754. The van der Waals surface area contributed by atoms with Crippen molar-refractivity contribution in [1.29, 1.82) is 0 Å². The highest BCUT2D eigenvalue weighted by Gasteiger charge is 1.99. The van der Waals surface area contributed by atoms with Crippen molar-refractivity contribution in [3.63, 3.8) is 0 Å². The number of hydrogen-bond donors (Lipinski definition) is 0. The molecule has 0 fully saturated rings. The summed E-state index contributed by atoms with van der Waals surface area (Å²) in [7, 11) is 0. The van der Waals surface area contributed by atoms with E-state index in [-0.39, 0.29) is 0 Å². The van der Waals surface area contributed by atoms with Crippen LogP contribution in [0.25, 0.3) is 0 Å². The van der Waals surface area contributed by atoms with Crippen molar-refractivity contribution in [2.24, 2.45) is 0 Å². The fourth-order valence-corrected chi connectivity index (χ4v) is 2.05. The van der Waals surface area contributed by atoms with Gasteiger partial charge in [-0.1, -0.05) is 43.4 Å². The smallest absolute Gasteiger partial charge is 0.0605 e. The summed E-state index contributed by atoms with van der Waals surface area (Å²) in [6, 6.07) is 5.86. The van der Waals surface area contributed by atoms with Crippen molar-refractivity contribution in [3.8, 4) is 11.8 Å². The van der Waals surface area contributed by atoms with E-state index in [1.54, 1.807) is 0 Å². The minimum atomic E-state index is 0.754. The van der Waals surface area contributed by atoms with Gasteiger partial charge in [0.25, 0.3) is 0 Å². The monoisotopic (exact) mass is 263 g/mol. The Kier molecular flexibility index (Phi) is 6.86. The van der Waals surface area contributed by atoms with Crippen LogP contribution in [0.15, 0.2) is 18.2 Å². The molecule has 0 heterocycles. The van der Waals surface area contributed by atoms with Gasteiger partial charge in [0.2, 0.25) is 0 Å². The van der Waals surface area contributed by atoms with Crippen molar-refractivity contribution in [3.05, 3.63) is 34.3 Å². The SMILES string of the molecule is CCCN(CC#Cc1cc(Cl)ccc1C)CCC. The average Bonchev–Trinajstić information content (AvgIpc) is 2.34. The Hall–Kier alpha value is -0.970. The molecule has 0 aliphatic rings.